The van der Waals surface area contributed by atoms with Crippen LogP contribution in [-0.2, 0) is 4.79 Å². The zero-order valence-electron chi connectivity index (χ0n) is 14.5. The number of rotatable bonds is 6. The van der Waals surface area contributed by atoms with Crippen molar-refractivity contribution in [3.8, 4) is 0 Å². The Morgan fingerprint density at radius 3 is 2.41 bits per heavy atom. The number of hydrogen-bond donors (Lipinski definition) is 0. The van der Waals surface area contributed by atoms with Crippen LogP contribution in [0.1, 0.15) is 52.4 Å². The van der Waals surface area contributed by atoms with E-state index in [-0.39, 0.29) is 5.91 Å². The quantitative estimate of drug-likeness (QED) is 0.752. The Morgan fingerprint density at radius 2 is 1.77 bits per heavy atom. The van der Waals surface area contributed by atoms with E-state index in [4.69, 9.17) is 0 Å². The third kappa shape index (κ3) is 4.23. The third-order valence-corrected chi connectivity index (χ3v) is 5.88. The molecule has 2 aliphatic heterocycles. The van der Waals surface area contributed by atoms with Gasteiger partial charge in [0.15, 0.2) is 0 Å². The van der Waals surface area contributed by atoms with Crippen molar-refractivity contribution in [1.82, 2.24) is 14.7 Å². The molecule has 2 heterocycles. The van der Waals surface area contributed by atoms with E-state index in [1.807, 2.05) is 0 Å². The number of carbonyl (C=O) groups is 1. The lowest BCUT2D eigenvalue weighted by atomic mass is 9.99. The SMILES string of the molecule is CC(=O)N(C[C@@H]1CCCN1CCN1CCC(C)CC1)C1CC1. The summed E-state index contributed by atoms with van der Waals surface area (Å²) in [6.45, 7) is 11.3. The van der Waals surface area contributed by atoms with E-state index >= 15 is 0 Å². The number of piperidine rings is 1. The fourth-order valence-electron chi connectivity index (χ4n) is 4.10. The maximum atomic E-state index is 11.9. The normalized spacial score (nSPS) is 28.2. The Morgan fingerprint density at radius 1 is 1.05 bits per heavy atom. The van der Waals surface area contributed by atoms with E-state index in [0.29, 0.717) is 12.1 Å². The Kier molecular flexibility index (Phi) is 5.40. The van der Waals surface area contributed by atoms with Crippen molar-refractivity contribution in [3.05, 3.63) is 0 Å². The first-order valence-electron chi connectivity index (χ1n) is 9.37. The molecular formula is C18H33N3O. The Labute approximate surface area is 135 Å². The Hall–Kier alpha value is -0.610. The van der Waals surface area contributed by atoms with Gasteiger partial charge in [0.2, 0.25) is 5.91 Å². The molecule has 2 saturated heterocycles. The summed E-state index contributed by atoms with van der Waals surface area (Å²) >= 11 is 0. The summed E-state index contributed by atoms with van der Waals surface area (Å²) in [6.07, 6.45) is 7.74. The monoisotopic (exact) mass is 307 g/mol. The number of nitrogens with zero attached hydrogens (tertiary/aromatic N) is 3. The van der Waals surface area contributed by atoms with Gasteiger partial charge in [0.1, 0.15) is 0 Å². The third-order valence-electron chi connectivity index (χ3n) is 5.88. The van der Waals surface area contributed by atoms with Crippen LogP contribution in [0.4, 0.5) is 0 Å². The van der Waals surface area contributed by atoms with Gasteiger partial charge in [0.25, 0.3) is 0 Å². The van der Waals surface area contributed by atoms with Crippen LogP contribution in [0, 0.1) is 5.92 Å². The highest BCUT2D eigenvalue weighted by Crippen LogP contribution is 2.29. The first kappa shape index (κ1) is 16.3. The molecule has 1 saturated carbocycles. The van der Waals surface area contributed by atoms with Crippen LogP contribution in [0.15, 0.2) is 0 Å². The van der Waals surface area contributed by atoms with E-state index in [2.05, 4.69) is 21.6 Å². The topological polar surface area (TPSA) is 26.8 Å². The van der Waals surface area contributed by atoms with Gasteiger partial charge in [0, 0.05) is 38.6 Å². The predicted octanol–water partition coefficient (Wildman–Crippen LogP) is 2.19. The van der Waals surface area contributed by atoms with Crippen LogP contribution < -0.4 is 0 Å². The Bertz CT molecular complexity index is 375. The number of carbonyl (C=O) groups excluding carboxylic acids is 1. The first-order chi connectivity index (χ1) is 10.6. The molecule has 0 unspecified atom stereocenters. The number of likely N-dealkylation sites (tertiary alicyclic amines) is 2. The Balaban J connectivity index is 1.45. The highest BCUT2D eigenvalue weighted by Gasteiger charge is 2.35. The summed E-state index contributed by atoms with van der Waals surface area (Å²) < 4.78 is 0. The molecule has 126 valence electrons. The molecule has 3 aliphatic rings. The largest absolute Gasteiger partial charge is 0.338 e. The average molecular weight is 307 g/mol. The second-order valence-electron chi connectivity index (χ2n) is 7.76. The summed E-state index contributed by atoms with van der Waals surface area (Å²) in [5.41, 5.74) is 0. The van der Waals surface area contributed by atoms with Gasteiger partial charge in [-0.1, -0.05) is 6.92 Å². The van der Waals surface area contributed by atoms with Crippen LogP contribution in [0.5, 0.6) is 0 Å². The summed E-state index contributed by atoms with van der Waals surface area (Å²) in [5.74, 6) is 1.19. The summed E-state index contributed by atoms with van der Waals surface area (Å²) in [6, 6.07) is 1.16. The molecule has 0 aromatic carbocycles. The standard InChI is InChI=1S/C18H33N3O/c1-15-7-10-19(11-8-15)12-13-20-9-3-4-18(20)14-21(16(2)22)17-5-6-17/h15,17-18H,3-14H2,1-2H3/t18-/m0/s1. The molecule has 0 radical (unpaired) electrons. The molecule has 4 heteroatoms. The van der Waals surface area contributed by atoms with E-state index in [9.17, 15) is 4.79 Å². The van der Waals surface area contributed by atoms with Gasteiger partial charge in [-0.15, -0.1) is 0 Å². The summed E-state index contributed by atoms with van der Waals surface area (Å²) in [7, 11) is 0. The van der Waals surface area contributed by atoms with Crippen molar-refractivity contribution >= 4 is 5.91 Å². The van der Waals surface area contributed by atoms with Crippen molar-refractivity contribution in [2.24, 2.45) is 5.92 Å². The van der Waals surface area contributed by atoms with Crippen LogP contribution in [0.2, 0.25) is 0 Å². The minimum Gasteiger partial charge on any atom is -0.338 e. The molecule has 0 spiro atoms. The molecule has 0 aromatic rings. The van der Waals surface area contributed by atoms with E-state index in [0.717, 1.165) is 12.5 Å². The second kappa shape index (κ2) is 7.31. The highest BCUT2D eigenvalue weighted by atomic mass is 16.2. The van der Waals surface area contributed by atoms with Crippen LogP contribution in [-0.4, -0.2) is 72.0 Å². The van der Waals surface area contributed by atoms with Gasteiger partial charge in [-0.2, -0.15) is 0 Å². The van der Waals surface area contributed by atoms with E-state index in [1.165, 1.54) is 71.2 Å². The summed E-state index contributed by atoms with van der Waals surface area (Å²) in [5, 5.41) is 0. The van der Waals surface area contributed by atoms with Gasteiger partial charge in [-0.3, -0.25) is 9.69 Å². The fourth-order valence-corrected chi connectivity index (χ4v) is 4.10. The molecular weight excluding hydrogens is 274 g/mol. The molecule has 1 amide bonds. The van der Waals surface area contributed by atoms with Gasteiger partial charge in [-0.05, 0) is 64.1 Å². The zero-order valence-corrected chi connectivity index (χ0v) is 14.5. The van der Waals surface area contributed by atoms with Gasteiger partial charge >= 0.3 is 0 Å². The highest BCUT2D eigenvalue weighted by molar-refractivity contribution is 5.74. The van der Waals surface area contributed by atoms with E-state index in [1.54, 1.807) is 6.92 Å². The molecule has 4 nitrogen and oxygen atoms in total. The van der Waals surface area contributed by atoms with Crippen molar-refractivity contribution in [2.45, 2.75) is 64.5 Å². The minimum atomic E-state index is 0.277. The van der Waals surface area contributed by atoms with Crippen molar-refractivity contribution in [3.63, 3.8) is 0 Å². The molecule has 1 aliphatic carbocycles. The minimum absolute atomic E-state index is 0.277. The first-order valence-corrected chi connectivity index (χ1v) is 9.37. The number of hydrogen-bond acceptors (Lipinski definition) is 3. The maximum Gasteiger partial charge on any atom is 0.219 e. The smallest absolute Gasteiger partial charge is 0.219 e. The lowest BCUT2D eigenvalue weighted by molar-refractivity contribution is -0.130. The van der Waals surface area contributed by atoms with Crippen LogP contribution >= 0.6 is 0 Å². The lowest BCUT2D eigenvalue weighted by Gasteiger charge is -2.34. The van der Waals surface area contributed by atoms with Crippen molar-refractivity contribution in [2.75, 3.05) is 39.3 Å². The van der Waals surface area contributed by atoms with Gasteiger partial charge < -0.3 is 9.80 Å². The van der Waals surface area contributed by atoms with Gasteiger partial charge in [0.05, 0.1) is 0 Å². The van der Waals surface area contributed by atoms with Crippen LogP contribution in [0.25, 0.3) is 0 Å². The number of amides is 1. The van der Waals surface area contributed by atoms with Crippen molar-refractivity contribution in [1.29, 1.82) is 0 Å². The fraction of sp³-hybridized carbons (Fsp3) is 0.944. The second-order valence-corrected chi connectivity index (χ2v) is 7.76. The van der Waals surface area contributed by atoms with Crippen LogP contribution in [0.3, 0.4) is 0 Å². The zero-order chi connectivity index (χ0) is 15.5. The molecule has 3 fully saturated rings. The van der Waals surface area contributed by atoms with E-state index < -0.39 is 0 Å². The molecule has 0 bridgehead atoms. The molecule has 0 aromatic heterocycles. The molecule has 22 heavy (non-hydrogen) atoms. The predicted molar refractivity (Wildman–Crippen MR) is 89.8 cm³/mol. The molecule has 0 N–H and O–H groups in total. The lowest BCUT2D eigenvalue weighted by Crippen LogP contribution is -2.46. The van der Waals surface area contributed by atoms with Crippen molar-refractivity contribution < 1.29 is 4.79 Å². The average Bonchev–Trinajstić information content (AvgIpc) is 3.24. The van der Waals surface area contributed by atoms with Gasteiger partial charge in [-0.25, -0.2) is 0 Å². The molecule has 3 rings (SSSR count). The molecule has 1 atom stereocenters. The summed E-state index contributed by atoms with van der Waals surface area (Å²) in [4.78, 5) is 19.3. The maximum absolute atomic E-state index is 11.9.